The summed E-state index contributed by atoms with van der Waals surface area (Å²) in [7, 11) is 0. The molecule has 2 amide bonds. The number of nitriles is 1. The number of hydrogen-bond acceptors (Lipinski definition) is 5. The molecule has 3 aliphatic rings. The lowest BCUT2D eigenvalue weighted by molar-refractivity contribution is -0.139. The molecule has 10 heteroatoms. The number of imide groups is 1. The van der Waals surface area contributed by atoms with Gasteiger partial charge in [-0.25, -0.2) is 9.69 Å². The van der Waals surface area contributed by atoms with Crippen LogP contribution in [0.5, 0.6) is 0 Å². The van der Waals surface area contributed by atoms with Crippen molar-refractivity contribution >= 4 is 23.5 Å². The number of nitrogens with zero attached hydrogens (tertiary/aromatic N) is 2. The Bertz CT molecular complexity index is 1070. The van der Waals surface area contributed by atoms with Gasteiger partial charge >= 0.3 is 12.1 Å². The number of carboxylic acids is 1. The lowest BCUT2D eigenvalue weighted by Gasteiger charge is -2.27. The summed E-state index contributed by atoms with van der Waals surface area (Å²) >= 11 is 0. The predicted octanol–water partition coefficient (Wildman–Crippen LogP) is 2.25. The van der Waals surface area contributed by atoms with Gasteiger partial charge in [-0.2, -0.15) is 18.4 Å². The summed E-state index contributed by atoms with van der Waals surface area (Å²) in [5.41, 5.74) is -5.35. The number of alkyl halides is 3. The highest BCUT2D eigenvalue weighted by molar-refractivity contribution is 6.24. The van der Waals surface area contributed by atoms with E-state index < -0.39 is 58.1 Å². The number of fused-ring (bicyclic) bond motifs is 5. The molecule has 1 N–H and O–H groups in total. The number of carbonyl (C=O) groups is 3. The van der Waals surface area contributed by atoms with Crippen molar-refractivity contribution in [3.05, 3.63) is 41.0 Å². The van der Waals surface area contributed by atoms with Gasteiger partial charge in [0, 0.05) is 0 Å². The van der Waals surface area contributed by atoms with E-state index in [9.17, 15) is 32.7 Å². The molecule has 0 radical (unpaired) electrons. The molecule has 2 saturated heterocycles. The van der Waals surface area contributed by atoms with Gasteiger partial charge in [-0.15, -0.1) is 0 Å². The Balaban J connectivity index is 1.82. The summed E-state index contributed by atoms with van der Waals surface area (Å²) in [6, 6.07) is 3.99. The number of aliphatic carboxylic acids is 1. The average Bonchev–Trinajstić information content (AvgIpc) is 3.15. The molecule has 0 aromatic heterocycles. The lowest BCUT2D eigenvalue weighted by Crippen LogP contribution is -2.43. The van der Waals surface area contributed by atoms with Crippen molar-refractivity contribution in [3.8, 4) is 6.07 Å². The largest absolute Gasteiger partial charge is 0.478 e. The van der Waals surface area contributed by atoms with Crippen LogP contribution in [0.2, 0.25) is 0 Å². The van der Waals surface area contributed by atoms with Gasteiger partial charge in [0.05, 0.1) is 45.9 Å². The van der Waals surface area contributed by atoms with Crippen molar-refractivity contribution in [1.82, 2.24) is 0 Å². The Morgan fingerprint density at radius 2 is 1.86 bits per heavy atom. The number of anilines is 1. The smallest absolute Gasteiger partial charge is 0.417 e. The van der Waals surface area contributed by atoms with Gasteiger partial charge < -0.3 is 9.84 Å². The van der Waals surface area contributed by atoms with Gasteiger partial charge in [0.25, 0.3) is 0 Å². The molecule has 0 saturated carbocycles. The molecule has 4 atom stereocenters. The second-order valence-electron chi connectivity index (χ2n) is 7.56. The minimum Gasteiger partial charge on any atom is -0.478 e. The first kappa shape index (κ1) is 19.1. The van der Waals surface area contributed by atoms with E-state index in [0.29, 0.717) is 11.0 Å². The first-order chi connectivity index (χ1) is 13.3. The number of carbonyl (C=O) groups excluding carboxylic acids is 2. The number of amides is 2. The van der Waals surface area contributed by atoms with E-state index >= 15 is 0 Å². The summed E-state index contributed by atoms with van der Waals surface area (Å²) in [5, 5.41) is 18.4. The van der Waals surface area contributed by atoms with Crippen LogP contribution < -0.4 is 4.90 Å². The Kier molecular flexibility index (Phi) is 3.60. The minimum atomic E-state index is -4.86. The zero-order valence-corrected chi connectivity index (χ0v) is 15.1. The van der Waals surface area contributed by atoms with Gasteiger partial charge in [-0.1, -0.05) is 0 Å². The Morgan fingerprint density at radius 1 is 1.24 bits per heavy atom. The Morgan fingerprint density at radius 3 is 2.41 bits per heavy atom. The van der Waals surface area contributed by atoms with Crippen LogP contribution >= 0.6 is 0 Å². The summed E-state index contributed by atoms with van der Waals surface area (Å²) in [5.74, 6) is -5.15. The molecule has 7 nitrogen and oxygen atoms in total. The normalized spacial score (nSPS) is 33.0. The lowest BCUT2D eigenvalue weighted by atomic mass is 9.69. The van der Waals surface area contributed by atoms with Gasteiger partial charge in [-0.05, 0) is 38.1 Å². The molecular formula is C19H13F3N2O5. The molecule has 3 aliphatic heterocycles. The van der Waals surface area contributed by atoms with Crippen molar-refractivity contribution in [1.29, 1.82) is 5.26 Å². The third-order valence-electron chi connectivity index (χ3n) is 5.83. The molecular weight excluding hydrogens is 393 g/mol. The maximum absolute atomic E-state index is 13.3. The summed E-state index contributed by atoms with van der Waals surface area (Å²) in [6.07, 6.45) is -3.58. The second kappa shape index (κ2) is 5.45. The molecule has 0 aliphatic carbocycles. The molecule has 0 spiro atoms. The fourth-order valence-corrected chi connectivity index (χ4v) is 4.69. The predicted molar refractivity (Wildman–Crippen MR) is 89.2 cm³/mol. The number of hydrogen-bond donors (Lipinski definition) is 1. The standard InChI is InChI=1S/C19H13F3N2O5/c1-17-6-11(16(27)28)18(2,29-17)13-12(17)14(25)24(15(13)26)9-4-3-8(7-23)10(5-9)19(20,21)22/h3-6,12-13H,1-2H3,(H,27,28)/t12-,13+,17-,18+/m0/s1. The van der Waals surface area contributed by atoms with Crippen LogP contribution in [0.15, 0.2) is 29.8 Å². The van der Waals surface area contributed by atoms with Crippen molar-refractivity contribution < 1.29 is 37.4 Å². The molecule has 1 aromatic carbocycles. The molecule has 2 fully saturated rings. The summed E-state index contributed by atoms with van der Waals surface area (Å²) in [4.78, 5) is 38.3. The van der Waals surface area contributed by atoms with Crippen LogP contribution in [0.25, 0.3) is 0 Å². The minimum absolute atomic E-state index is 0.167. The highest BCUT2D eigenvalue weighted by atomic mass is 19.4. The fourth-order valence-electron chi connectivity index (χ4n) is 4.69. The molecule has 3 heterocycles. The number of benzene rings is 1. The highest BCUT2D eigenvalue weighted by Gasteiger charge is 2.74. The maximum Gasteiger partial charge on any atom is 0.417 e. The van der Waals surface area contributed by atoms with Gasteiger partial charge in [0.15, 0.2) is 0 Å². The molecule has 150 valence electrons. The molecule has 4 rings (SSSR count). The van der Waals surface area contributed by atoms with E-state index in [1.54, 1.807) is 0 Å². The van der Waals surface area contributed by atoms with Crippen LogP contribution in [-0.2, 0) is 25.3 Å². The molecule has 2 bridgehead atoms. The second-order valence-corrected chi connectivity index (χ2v) is 7.56. The first-order valence-electron chi connectivity index (χ1n) is 8.51. The maximum atomic E-state index is 13.3. The van der Waals surface area contributed by atoms with E-state index in [4.69, 9.17) is 10.00 Å². The van der Waals surface area contributed by atoms with Crippen LogP contribution in [-0.4, -0.2) is 34.1 Å². The number of halogens is 3. The third kappa shape index (κ3) is 2.31. The van der Waals surface area contributed by atoms with E-state index in [1.165, 1.54) is 26.0 Å². The quantitative estimate of drug-likeness (QED) is 0.755. The molecule has 1 aromatic rings. The van der Waals surface area contributed by atoms with Crippen molar-refractivity contribution in [2.24, 2.45) is 11.8 Å². The van der Waals surface area contributed by atoms with Gasteiger partial charge in [0.2, 0.25) is 11.8 Å². The van der Waals surface area contributed by atoms with Crippen molar-refractivity contribution in [2.75, 3.05) is 4.90 Å². The van der Waals surface area contributed by atoms with E-state index in [1.807, 2.05) is 0 Å². The van der Waals surface area contributed by atoms with Crippen molar-refractivity contribution in [3.63, 3.8) is 0 Å². The molecule has 0 unspecified atom stereocenters. The number of rotatable bonds is 2. The zero-order valence-electron chi connectivity index (χ0n) is 15.1. The topological polar surface area (TPSA) is 108 Å². The van der Waals surface area contributed by atoms with Gasteiger partial charge in [-0.3, -0.25) is 9.59 Å². The van der Waals surface area contributed by atoms with E-state index in [0.717, 1.165) is 12.1 Å². The summed E-state index contributed by atoms with van der Waals surface area (Å²) < 4.78 is 45.6. The SMILES string of the molecule is C[C@@]12C=C(C(=O)O)[C@@](C)(O1)[C@H]1C(=O)N(c3ccc(C#N)c(C(F)(F)F)c3)C(=O)[C@H]12. The average molecular weight is 406 g/mol. The monoisotopic (exact) mass is 406 g/mol. The van der Waals surface area contributed by atoms with Gasteiger partial charge in [0.1, 0.15) is 5.60 Å². The van der Waals surface area contributed by atoms with E-state index in [-0.39, 0.29) is 11.3 Å². The number of ether oxygens (including phenoxy) is 1. The summed E-state index contributed by atoms with van der Waals surface area (Å²) in [6.45, 7) is 2.86. The van der Waals surface area contributed by atoms with Crippen LogP contribution in [0.4, 0.5) is 18.9 Å². The van der Waals surface area contributed by atoms with E-state index in [2.05, 4.69) is 0 Å². The zero-order chi connectivity index (χ0) is 21.5. The van der Waals surface area contributed by atoms with Crippen LogP contribution in [0, 0.1) is 23.2 Å². The van der Waals surface area contributed by atoms with Crippen LogP contribution in [0.3, 0.4) is 0 Å². The first-order valence-corrected chi connectivity index (χ1v) is 8.51. The highest BCUT2D eigenvalue weighted by Crippen LogP contribution is 2.60. The fraction of sp³-hybridized carbons (Fsp3) is 0.368. The van der Waals surface area contributed by atoms with Crippen LogP contribution in [0.1, 0.15) is 25.0 Å². The third-order valence-corrected chi connectivity index (χ3v) is 5.83. The van der Waals surface area contributed by atoms with Crippen molar-refractivity contribution in [2.45, 2.75) is 31.2 Å². The Hall–Kier alpha value is -3.19. The number of carboxylic acid groups (broad SMARTS) is 1. The molecule has 29 heavy (non-hydrogen) atoms. The Labute approximate surface area is 162 Å².